The number of rotatable bonds is 10. The van der Waals surface area contributed by atoms with E-state index >= 15 is 0 Å². The van der Waals surface area contributed by atoms with Gasteiger partial charge in [-0.25, -0.2) is 4.99 Å². The Hall–Kier alpha value is -2.36. The molecule has 1 heterocycles. The molecule has 1 atom stereocenters. The van der Waals surface area contributed by atoms with Gasteiger partial charge in [-0.15, -0.1) is 24.0 Å². The van der Waals surface area contributed by atoms with Gasteiger partial charge in [-0.3, -0.25) is 0 Å². The van der Waals surface area contributed by atoms with Crippen LogP contribution in [0.2, 0.25) is 0 Å². The molecule has 0 aliphatic rings. The van der Waals surface area contributed by atoms with Crippen molar-refractivity contribution in [2.45, 2.75) is 46.1 Å². The van der Waals surface area contributed by atoms with Crippen LogP contribution in [0.3, 0.4) is 0 Å². The fourth-order valence-corrected chi connectivity index (χ4v) is 3.28. The van der Waals surface area contributed by atoms with Crippen LogP contribution in [0.5, 0.6) is 0 Å². The lowest BCUT2D eigenvalue weighted by atomic mass is 10.0. The molecule has 3 N–H and O–H groups in total. The van der Waals surface area contributed by atoms with Crippen molar-refractivity contribution in [2.24, 2.45) is 4.99 Å². The van der Waals surface area contributed by atoms with Gasteiger partial charge in [-0.05, 0) is 49.6 Å². The quantitative estimate of drug-likeness (QED) is 0.186. The molecule has 0 saturated heterocycles. The normalized spacial score (nSPS) is 13.2. The minimum Gasteiger partial charge on any atom is -0.463 e. The molecule has 178 valence electrons. The molecule has 6 nitrogen and oxygen atoms in total. The van der Waals surface area contributed by atoms with Gasteiger partial charge >= 0.3 is 0 Å². The maximum Gasteiger partial charge on any atom is 0.191 e. The van der Waals surface area contributed by atoms with Crippen molar-refractivity contribution < 1.29 is 14.3 Å². The zero-order valence-corrected chi connectivity index (χ0v) is 21.8. The number of aliphatic imine (C=N–C) groups is 1. The van der Waals surface area contributed by atoms with Gasteiger partial charge in [-0.1, -0.05) is 54.6 Å². The van der Waals surface area contributed by atoms with Crippen LogP contribution < -0.4 is 10.6 Å². The maximum absolute atomic E-state index is 10.8. The monoisotopic (exact) mass is 563 g/mol. The minimum absolute atomic E-state index is 0. The van der Waals surface area contributed by atoms with Gasteiger partial charge in [0.15, 0.2) is 5.96 Å². The lowest BCUT2D eigenvalue weighted by molar-refractivity contribution is 0.0378. The van der Waals surface area contributed by atoms with Crippen LogP contribution in [0.4, 0.5) is 0 Å². The molecule has 0 fully saturated rings. The van der Waals surface area contributed by atoms with E-state index in [0.29, 0.717) is 31.5 Å². The largest absolute Gasteiger partial charge is 0.463 e. The second-order valence-corrected chi connectivity index (χ2v) is 7.98. The molecule has 3 rings (SSSR count). The number of halogens is 1. The number of nitrogens with one attached hydrogen (secondary N) is 2. The van der Waals surface area contributed by atoms with Crippen LogP contribution in [0.25, 0.3) is 0 Å². The summed E-state index contributed by atoms with van der Waals surface area (Å²) in [5.41, 5.74) is 2.22. The van der Waals surface area contributed by atoms with Crippen LogP contribution in [0.15, 0.2) is 76.1 Å². The van der Waals surface area contributed by atoms with E-state index in [9.17, 15) is 5.11 Å². The number of nitrogens with zero attached hydrogens (tertiary/aromatic N) is 1. The summed E-state index contributed by atoms with van der Waals surface area (Å²) in [7, 11) is 0. The van der Waals surface area contributed by atoms with Gasteiger partial charge in [0.25, 0.3) is 0 Å². The Bertz CT molecular complexity index is 1000. The Morgan fingerprint density at radius 2 is 1.67 bits per heavy atom. The maximum atomic E-state index is 10.8. The molecule has 0 amide bonds. The molecule has 0 aliphatic carbocycles. The van der Waals surface area contributed by atoms with E-state index in [0.717, 1.165) is 29.0 Å². The first-order valence-corrected chi connectivity index (χ1v) is 11.0. The molecule has 0 bridgehead atoms. The smallest absolute Gasteiger partial charge is 0.191 e. The van der Waals surface area contributed by atoms with E-state index in [1.54, 1.807) is 13.0 Å². The molecule has 33 heavy (non-hydrogen) atoms. The lowest BCUT2D eigenvalue weighted by Crippen LogP contribution is -2.44. The number of hydrogen-bond donors (Lipinski definition) is 3. The molecule has 0 aliphatic heterocycles. The molecular weight excluding hydrogens is 529 g/mol. The SMILES string of the molecule is CCNC(=NCc1ccccc1COCc1ccccc1)NCC(C)(O)c1ccc(C)o1.I. The average molecular weight is 563 g/mol. The van der Waals surface area contributed by atoms with Gasteiger partial charge < -0.3 is 24.9 Å². The van der Waals surface area contributed by atoms with Crippen LogP contribution in [0, 0.1) is 6.92 Å². The van der Waals surface area contributed by atoms with E-state index in [4.69, 9.17) is 14.1 Å². The van der Waals surface area contributed by atoms with Gasteiger partial charge in [0, 0.05) is 6.54 Å². The number of furan rings is 1. The minimum atomic E-state index is -1.15. The summed E-state index contributed by atoms with van der Waals surface area (Å²) in [6, 6.07) is 22.0. The number of ether oxygens (including phenoxy) is 1. The average Bonchev–Trinajstić information content (AvgIpc) is 3.24. The Morgan fingerprint density at radius 1 is 0.970 bits per heavy atom. The molecule has 0 spiro atoms. The Balaban J connectivity index is 0.00000385. The van der Waals surface area contributed by atoms with E-state index < -0.39 is 5.60 Å². The first-order valence-electron chi connectivity index (χ1n) is 11.0. The van der Waals surface area contributed by atoms with Crippen molar-refractivity contribution in [2.75, 3.05) is 13.1 Å². The first kappa shape index (κ1) is 26.9. The van der Waals surface area contributed by atoms with Crippen molar-refractivity contribution in [3.63, 3.8) is 0 Å². The molecule has 2 aromatic carbocycles. The molecule has 1 unspecified atom stereocenters. The standard InChI is InChI=1S/C26H33N3O3.HI/c1-4-27-25(29-19-26(3,30)24-15-14-20(2)32-24)28-16-22-12-8-9-13-23(22)18-31-17-21-10-6-5-7-11-21;/h5-15,30H,4,16-19H2,1-3H3,(H2,27,28,29);1H. The summed E-state index contributed by atoms with van der Waals surface area (Å²) in [5.74, 6) is 1.93. The van der Waals surface area contributed by atoms with E-state index in [1.807, 2.05) is 50.2 Å². The van der Waals surface area contributed by atoms with Gasteiger partial charge in [0.2, 0.25) is 0 Å². The predicted octanol–water partition coefficient (Wildman–Crippen LogP) is 4.89. The Morgan fingerprint density at radius 3 is 2.33 bits per heavy atom. The third-order valence-electron chi connectivity index (χ3n) is 5.11. The van der Waals surface area contributed by atoms with E-state index in [-0.39, 0.29) is 30.5 Å². The highest BCUT2D eigenvalue weighted by molar-refractivity contribution is 14.0. The van der Waals surface area contributed by atoms with E-state index in [2.05, 4.69) is 34.9 Å². The fraction of sp³-hybridized carbons (Fsp3) is 0.346. The summed E-state index contributed by atoms with van der Waals surface area (Å²) in [5, 5.41) is 17.2. The number of aryl methyl sites for hydroxylation is 1. The second-order valence-electron chi connectivity index (χ2n) is 7.98. The Kier molecular flexibility index (Phi) is 10.9. The number of guanidine groups is 1. The lowest BCUT2D eigenvalue weighted by Gasteiger charge is -2.23. The summed E-state index contributed by atoms with van der Waals surface area (Å²) < 4.78 is 11.5. The van der Waals surface area contributed by atoms with Crippen molar-refractivity contribution in [3.8, 4) is 0 Å². The van der Waals surface area contributed by atoms with Gasteiger partial charge in [-0.2, -0.15) is 0 Å². The van der Waals surface area contributed by atoms with Crippen molar-refractivity contribution in [1.29, 1.82) is 0 Å². The molecule has 0 radical (unpaired) electrons. The zero-order valence-electron chi connectivity index (χ0n) is 19.5. The van der Waals surface area contributed by atoms with Crippen LogP contribution in [-0.2, 0) is 30.1 Å². The molecule has 3 aromatic rings. The first-order chi connectivity index (χ1) is 15.5. The topological polar surface area (TPSA) is 79.0 Å². The highest BCUT2D eigenvalue weighted by Crippen LogP contribution is 2.22. The summed E-state index contributed by atoms with van der Waals surface area (Å²) in [6.07, 6.45) is 0. The van der Waals surface area contributed by atoms with Crippen LogP contribution >= 0.6 is 24.0 Å². The van der Waals surface area contributed by atoms with E-state index in [1.165, 1.54) is 0 Å². The number of aliphatic hydroxyl groups is 1. The molecule has 1 aromatic heterocycles. The van der Waals surface area contributed by atoms with Crippen LogP contribution in [-0.4, -0.2) is 24.2 Å². The Labute approximate surface area is 213 Å². The second kappa shape index (κ2) is 13.4. The molecular formula is C26H34IN3O3. The highest BCUT2D eigenvalue weighted by atomic mass is 127. The fourth-order valence-electron chi connectivity index (χ4n) is 3.28. The predicted molar refractivity (Wildman–Crippen MR) is 143 cm³/mol. The third kappa shape index (κ3) is 8.49. The summed E-state index contributed by atoms with van der Waals surface area (Å²) >= 11 is 0. The zero-order chi connectivity index (χ0) is 22.8. The summed E-state index contributed by atoms with van der Waals surface area (Å²) in [6.45, 7) is 8.18. The molecule has 7 heteroatoms. The van der Waals surface area contributed by atoms with Crippen molar-refractivity contribution >= 4 is 29.9 Å². The van der Waals surface area contributed by atoms with Gasteiger partial charge in [0.1, 0.15) is 17.1 Å². The molecule has 0 saturated carbocycles. The number of hydrogen-bond acceptors (Lipinski definition) is 4. The highest BCUT2D eigenvalue weighted by Gasteiger charge is 2.27. The van der Waals surface area contributed by atoms with Crippen molar-refractivity contribution in [1.82, 2.24) is 10.6 Å². The van der Waals surface area contributed by atoms with Gasteiger partial charge in [0.05, 0.1) is 26.3 Å². The number of benzene rings is 2. The third-order valence-corrected chi connectivity index (χ3v) is 5.11. The van der Waals surface area contributed by atoms with Crippen molar-refractivity contribution in [3.05, 3.63) is 94.9 Å². The summed E-state index contributed by atoms with van der Waals surface area (Å²) in [4.78, 5) is 4.71. The van der Waals surface area contributed by atoms with Crippen LogP contribution in [0.1, 0.15) is 42.1 Å².